The predicted octanol–water partition coefficient (Wildman–Crippen LogP) is 1.54. The van der Waals surface area contributed by atoms with Gasteiger partial charge in [-0.05, 0) is 43.0 Å². The quantitative estimate of drug-likeness (QED) is 0.882. The van der Waals surface area contributed by atoms with Crippen molar-refractivity contribution >= 4 is 5.91 Å². The highest BCUT2D eigenvalue weighted by Crippen LogP contribution is 2.28. The maximum atomic E-state index is 11.5. The first-order chi connectivity index (χ1) is 8.42. The zero-order valence-corrected chi connectivity index (χ0v) is 11.8. The topological polar surface area (TPSA) is 55.6 Å². The number of amides is 1. The Morgan fingerprint density at radius 3 is 2.44 bits per heavy atom. The van der Waals surface area contributed by atoms with Crippen LogP contribution in [0, 0.1) is 20.8 Å². The van der Waals surface area contributed by atoms with Crippen LogP contribution in [0.3, 0.4) is 0 Å². The van der Waals surface area contributed by atoms with Crippen molar-refractivity contribution in [3.8, 4) is 5.75 Å². The van der Waals surface area contributed by atoms with Gasteiger partial charge in [0.1, 0.15) is 5.75 Å². The lowest BCUT2D eigenvalue weighted by Gasteiger charge is -2.20. The van der Waals surface area contributed by atoms with Crippen molar-refractivity contribution in [2.24, 2.45) is 5.73 Å². The van der Waals surface area contributed by atoms with Crippen LogP contribution in [-0.2, 0) is 11.3 Å². The maximum absolute atomic E-state index is 11.5. The fourth-order valence-corrected chi connectivity index (χ4v) is 2.12. The molecule has 0 unspecified atom stereocenters. The molecule has 1 rings (SSSR count). The summed E-state index contributed by atoms with van der Waals surface area (Å²) in [6.07, 6.45) is 0. The summed E-state index contributed by atoms with van der Waals surface area (Å²) in [4.78, 5) is 13.1. The fourth-order valence-electron chi connectivity index (χ4n) is 2.12. The van der Waals surface area contributed by atoms with E-state index in [1.54, 1.807) is 19.1 Å². The van der Waals surface area contributed by atoms with Crippen LogP contribution < -0.4 is 10.5 Å². The van der Waals surface area contributed by atoms with Crippen LogP contribution in [-0.4, -0.2) is 31.5 Å². The molecule has 0 fully saturated rings. The fraction of sp³-hybridized carbons (Fsp3) is 0.500. The smallest absolute Gasteiger partial charge is 0.236 e. The molecule has 0 aliphatic rings. The zero-order chi connectivity index (χ0) is 13.9. The first-order valence-electron chi connectivity index (χ1n) is 6.00. The van der Waals surface area contributed by atoms with Crippen molar-refractivity contribution < 1.29 is 9.53 Å². The second-order valence-corrected chi connectivity index (χ2v) is 4.59. The van der Waals surface area contributed by atoms with E-state index in [1.165, 1.54) is 0 Å². The first-order valence-corrected chi connectivity index (χ1v) is 6.00. The summed E-state index contributed by atoms with van der Waals surface area (Å²) in [7, 11) is 3.45. The van der Waals surface area contributed by atoms with Gasteiger partial charge in [-0.2, -0.15) is 0 Å². The van der Waals surface area contributed by atoms with Gasteiger partial charge in [-0.3, -0.25) is 4.79 Å². The van der Waals surface area contributed by atoms with Crippen LogP contribution in [0.5, 0.6) is 5.75 Å². The Bertz CT molecular complexity index is 456. The molecule has 0 aromatic heterocycles. The van der Waals surface area contributed by atoms with Gasteiger partial charge < -0.3 is 15.4 Å². The number of hydrogen-bond acceptors (Lipinski definition) is 3. The van der Waals surface area contributed by atoms with Crippen molar-refractivity contribution in [2.75, 3.05) is 20.7 Å². The van der Waals surface area contributed by atoms with Gasteiger partial charge in [-0.25, -0.2) is 0 Å². The Morgan fingerprint density at radius 1 is 1.33 bits per heavy atom. The maximum Gasteiger partial charge on any atom is 0.236 e. The van der Waals surface area contributed by atoms with Crippen LogP contribution in [0.2, 0.25) is 0 Å². The minimum absolute atomic E-state index is 0.0453. The van der Waals surface area contributed by atoms with Gasteiger partial charge in [0.25, 0.3) is 0 Å². The molecule has 0 aliphatic heterocycles. The van der Waals surface area contributed by atoms with E-state index in [-0.39, 0.29) is 12.5 Å². The van der Waals surface area contributed by atoms with Crippen LogP contribution in [0.25, 0.3) is 0 Å². The minimum Gasteiger partial charge on any atom is -0.496 e. The lowest BCUT2D eigenvalue weighted by atomic mass is 9.98. The molecular formula is C14H22N2O2. The summed E-state index contributed by atoms with van der Waals surface area (Å²) in [5, 5.41) is 0. The van der Waals surface area contributed by atoms with Crippen LogP contribution in [0.1, 0.15) is 22.3 Å². The third-order valence-electron chi connectivity index (χ3n) is 3.35. The van der Waals surface area contributed by atoms with Gasteiger partial charge >= 0.3 is 0 Å². The Hall–Kier alpha value is -1.55. The Balaban J connectivity index is 3.08. The standard InChI is InChI=1S/C14H22N2O2/c1-9-6-12(8-16(4)13(17)7-15)10(2)11(3)14(9)18-5/h6H,7-8,15H2,1-5H3. The summed E-state index contributed by atoms with van der Waals surface area (Å²) in [6.45, 7) is 6.72. The Kier molecular flexibility index (Phi) is 4.73. The van der Waals surface area contributed by atoms with E-state index >= 15 is 0 Å². The number of hydrogen-bond donors (Lipinski definition) is 1. The Labute approximate surface area is 109 Å². The lowest BCUT2D eigenvalue weighted by molar-refractivity contribution is -0.128. The molecule has 0 bridgehead atoms. The normalized spacial score (nSPS) is 10.3. The molecule has 0 spiro atoms. The molecule has 0 aliphatic carbocycles. The van der Waals surface area contributed by atoms with E-state index in [4.69, 9.17) is 10.5 Å². The summed E-state index contributed by atoms with van der Waals surface area (Å²) in [5.74, 6) is 0.865. The number of likely N-dealkylation sites (N-methyl/N-ethyl adjacent to an activating group) is 1. The van der Waals surface area contributed by atoms with Crippen molar-refractivity contribution in [3.05, 3.63) is 28.3 Å². The van der Waals surface area contributed by atoms with Gasteiger partial charge in [-0.15, -0.1) is 0 Å². The van der Waals surface area contributed by atoms with Crippen molar-refractivity contribution in [1.82, 2.24) is 4.90 Å². The van der Waals surface area contributed by atoms with E-state index in [9.17, 15) is 4.79 Å². The number of benzene rings is 1. The van der Waals surface area contributed by atoms with Gasteiger partial charge in [0.05, 0.1) is 13.7 Å². The first kappa shape index (κ1) is 14.5. The van der Waals surface area contributed by atoms with E-state index < -0.39 is 0 Å². The lowest BCUT2D eigenvalue weighted by Crippen LogP contribution is -2.32. The minimum atomic E-state index is -0.0551. The van der Waals surface area contributed by atoms with Gasteiger partial charge in [0, 0.05) is 13.6 Å². The van der Waals surface area contributed by atoms with Crippen LogP contribution in [0.4, 0.5) is 0 Å². The highest BCUT2D eigenvalue weighted by Gasteiger charge is 2.13. The number of methoxy groups -OCH3 is 1. The van der Waals surface area contributed by atoms with Crippen LogP contribution >= 0.6 is 0 Å². The van der Waals surface area contributed by atoms with E-state index in [0.29, 0.717) is 6.54 Å². The van der Waals surface area contributed by atoms with Crippen molar-refractivity contribution in [1.29, 1.82) is 0 Å². The van der Waals surface area contributed by atoms with E-state index in [0.717, 1.165) is 28.0 Å². The molecule has 18 heavy (non-hydrogen) atoms. The molecule has 1 aromatic rings. The largest absolute Gasteiger partial charge is 0.496 e. The molecule has 0 saturated heterocycles. The molecule has 1 aromatic carbocycles. The molecule has 4 heteroatoms. The molecule has 4 nitrogen and oxygen atoms in total. The number of aryl methyl sites for hydroxylation is 1. The number of nitrogens with two attached hydrogens (primary N) is 1. The van der Waals surface area contributed by atoms with E-state index in [2.05, 4.69) is 6.07 Å². The SMILES string of the molecule is COc1c(C)cc(CN(C)C(=O)CN)c(C)c1C. The summed E-state index contributed by atoms with van der Waals surface area (Å²) in [6, 6.07) is 2.07. The third-order valence-corrected chi connectivity index (χ3v) is 3.35. The van der Waals surface area contributed by atoms with Gasteiger partial charge in [0.2, 0.25) is 5.91 Å². The van der Waals surface area contributed by atoms with Crippen LogP contribution in [0.15, 0.2) is 6.07 Å². The number of carbonyl (C=O) groups is 1. The third kappa shape index (κ3) is 2.82. The number of carbonyl (C=O) groups excluding carboxylic acids is 1. The molecule has 0 saturated carbocycles. The van der Waals surface area contributed by atoms with Crippen molar-refractivity contribution in [3.63, 3.8) is 0 Å². The van der Waals surface area contributed by atoms with Crippen molar-refractivity contribution in [2.45, 2.75) is 27.3 Å². The van der Waals surface area contributed by atoms with E-state index in [1.807, 2.05) is 20.8 Å². The second-order valence-electron chi connectivity index (χ2n) is 4.59. The predicted molar refractivity (Wildman–Crippen MR) is 72.7 cm³/mol. The molecular weight excluding hydrogens is 228 g/mol. The van der Waals surface area contributed by atoms with Gasteiger partial charge in [0.15, 0.2) is 0 Å². The summed E-state index contributed by atoms with van der Waals surface area (Å²) in [5.41, 5.74) is 9.87. The number of nitrogens with zero attached hydrogens (tertiary/aromatic N) is 1. The number of rotatable bonds is 4. The average Bonchev–Trinajstić information content (AvgIpc) is 2.35. The molecule has 2 N–H and O–H groups in total. The average molecular weight is 250 g/mol. The summed E-state index contributed by atoms with van der Waals surface area (Å²) < 4.78 is 5.38. The monoisotopic (exact) mass is 250 g/mol. The second kappa shape index (κ2) is 5.87. The highest BCUT2D eigenvalue weighted by molar-refractivity contribution is 5.77. The highest BCUT2D eigenvalue weighted by atomic mass is 16.5. The summed E-state index contributed by atoms with van der Waals surface area (Å²) >= 11 is 0. The zero-order valence-electron chi connectivity index (χ0n) is 11.8. The van der Waals surface area contributed by atoms with Gasteiger partial charge in [-0.1, -0.05) is 6.07 Å². The number of ether oxygens (including phenoxy) is 1. The molecule has 0 radical (unpaired) electrons. The molecule has 1 amide bonds. The Morgan fingerprint density at radius 2 is 1.94 bits per heavy atom. The molecule has 0 atom stereocenters. The molecule has 0 heterocycles. The molecule has 100 valence electrons.